The predicted octanol–water partition coefficient (Wildman–Crippen LogP) is -20.6. The molecule has 10 aliphatic rings. The number of ether oxygens (including phenoxy) is 19. The van der Waals surface area contributed by atoms with Gasteiger partial charge in [0, 0.05) is 27.7 Å². The van der Waals surface area contributed by atoms with E-state index < -0.39 is 384 Å². The van der Waals surface area contributed by atoms with Crippen molar-refractivity contribution in [3.8, 4) is 0 Å². The maximum Gasteiger partial charge on any atom is 0.217 e. The number of hydrogen-bond acceptors (Lipinski definition) is 49. The van der Waals surface area contributed by atoms with Gasteiger partial charge in [-0.2, -0.15) is 0 Å². The first kappa shape index (κ1) is 98.3. The van der Waals surface area contributed by atoms with E-state index in [-0.39, 0.29) is 0 Å². The molecule has 694 valence electrons. The molecule has 49 atom stereocenters. The van der Waals surface area contributed by atoms with Gasteiger partial charge >= 0.3 is 0 Å². The van der Waals surface area contributed by atoms with Crippen molar-refractivity contribution < 1.29 is 242 Å². The Morgan fingerprint density at radius 1 is 0.233 bits per heavy atom. The van der Waals surface area contributed by atoms with Crippen molar-refractivity contribution in [2.24, 2.45) is 0 Å². The second kappa shape index (κ2) is 42.8. The smallest absolute Gasteiger partial charge is 0.217 e. The van der Waals surface area contributed by atoms with Gasteiger partial charge in [0.1, 0.15) is 232 Å². The van der Waals surface area contributed by atoms with Crippen LogP contribution in [0.2, 0.25) is 0 Å². The molecule has 10 rings (SSSR count). The highest BCUT2D eigenvalue weighted by Crippen LogP contribution is 2.42. The molecule has 10 aliphatic heterocycles. The van der Waals surface area contributed by atoms with Gasteiger partial charge in [0.05, 0.1) is 65.6 Å². The first-order chi connectivity index (χ1) is 56.8. The number of carbonyl (C=O) groups is 4. The van der Waals surface area contributed by atoms with Gasteiger partial charge in [-0.25, -0.2) is 0 Å². The summed E-state index contributed by atoms with van der Waals surface area (Å²) in [5.41, 5.74) is 0. The van der Waals surface area contributed by atoms with Gasteiger partial charge in [-0.1, -0.05) is 0 Å². The number of rotatable bonds is 31. The van der Waals surface area contributed by atoms with Crippen LogP contribution in [-0.2, 0) is 109 Å². The maximum atomic E-state index is 13.4. The summed E-state index contributed by atoms with van der Waals surface area (Å²) in [5, 5.41) is 300. The predicted molar refractivity (Wildman–Crippen MR) is 369 cm³/mol. The second-order valence-corrected chi connectivity index (χ2v) is 30.5. The van der Waals surface area contributed by atoms with Crippen molar-refractivity contribution in [2.45, 2.75) is 335 Å². The van der Waals surface area contributed by atoms with E-state index in [0.29, 0.717) is 0 Å². The summed E-state index contributed by atoms with van der Waals surface area (Å²) in [7, 11) is 0. The zero-order chi connectivity index (χ0) is 88.2. The summed E-state index contributed by atoms with van der Waals surface area (Å²) in [6.45, 7) is -5.06. The Bertz CT molecular complexity index is 3230. The Balaban J connectivity index is 0.996. The lowest BCUT2D eigenvalue weighted by atomic mass is 9.93. The van der Waals surface area contributed by atoms with Gasteiger partial charge in [0.25, 0.3) is 0 Å². The van der Waals surface area contributed by atoms with E-state index in [0.717, 1.165) is 27.7 Å². The van der Waals surface area contributed by atoms with Crippen LogP contribution in [0.1, 0.15) is 34.6 Å². The molecule has 53 nitrogen and oxygen atoms in total. The van der Waals surface area contributed by atoms with Crippen molar-refractivity contribution in [2.75, 3.05) is 59.5 Å². The Morgan fingerprint density at radius 2 is 0.508 bits per heavy atom. The fourth-order valence-electron chi connectivity index (χ4n) is 15.7. The number of aliphatic hydroxyl groups excluding tert-OH is 26. The Labute approximate surface area is 679 Å². The molecule has 0 radical (unpaired) electrons. The molecule has 10 saturated heterocycles. The summed E-state index contributed by atoms with van der Waals surface area (Å²) < 4.78 is 114. The minimum Gasteiger partial charge on any atom is -0.394 e. The van der Waals surface area contributed by atoms with E-state index >= 15 is 0 Å². The van der Waals surface area contributed by atoms with Crippen LogP contribution in [0.3, 0.4) is 0 Å². The SMILES string of the molecule is CC(=O)N[C@H]1[C@H](O[C@@H]2[C@@H](O[C@H]3[C@H](O)[C@@H](CO[C@H]4O[C@H](CO)[C@@H](O)[C@H](O)[C@@H]4O)O[C@@H](O[C@H]4[C@H](O)[C@@H](NC(C)=O)[C@H](O[C@H]5[C@H](O)[C@@H](NC(C)=O)C(O)O[C@@H]5CO)O[C@@H]4CO)[C@H]3O[C@@H]3O[C@H](CO)[C@H](O)[C@H]3O)O[C@H](CO)[C@@H](O)[C@@H]2O)O[C@H](CO)[C@@H](O[C@@H]2O[C@H](CO)[C@H](O)[C@H](O[C@@H]3O[C@H](CO)[C@H](O)[C@H](O)[C@H]3O[C@@H]3O[C@@H](C)[C@@H](O)[C@@H](O)[C@@H]3O)[C@H]2NC(C)=O)[C@@H]1O. The van der Waals surface area contributed by atoms with E-state index in [2.05, 4.69) is 21.3 Å². The molecule has 0 spiro atoms. The van der Waals surface area contributed by atoms with Gasteiger partial charge < -0.3 is 244 Å². The number of nitrogens with one attached hydrogen (secondary N) is 4. The van der Waals surface area contributed by atoms with Gasteiger partial charge in [0.2, 0.25) is 23.6 Å². The highest BCUT2D eigenvalue weighted by atomic mass is 16.8. The summed E-state index contributed by atoms with van der Waals surface area (Å²) in [6, 6.07) is -7.69. The molecule has 1 unspecified atom stereocenters. The van der Waals surface area contributed by atoms with Crippen molar-refractivity contribution >= 4 is 23.6 Å². The van der Waals surface area contributed by atoms with E-state index in [1.807, 2.05) is 0 Å². The van der Waals surface area contributed by atoms with Crippen molar-refractivity contribution in [3.05, 3.63) is 0 Å². The summed E-state index contributed by atoms with van der Waals surface area (Å²) >= 11 is 0. The average Bonchev–Trinajstić information content (AvgIpc) is 0.925. The minimum atomic E-state index is -2.52. The molecular formula is C67H112N4O49. The van der Waals surface area contributed by atoms with E-state index in [4.69, 9.17) is 90.0 Å². The molecule has 10 fully saturated rings. The number of aliphatic hydroxyl groups is 26. The molecule has 0 bridgehead atoms. The average molecular weight is 1760 g/mol. The summed E-state index contributed by atoms with van der Waals surface area (Å²) in [6.07, 6.45) is -93.9. The second-order valence-electron chi connectivity index (χ2n) is 30.5. The quantitative estimate of drug-likeness (QED) is 0.0306. The topological polar surface area (TPSA) is 818 Å². The molecule has 120 heavy (non-hydrogen) atoms. The van der Waals surface area contributed by atoms with Gasteiger partial charge in [-0.05, 0) is 6.92 Å². The molecule has 10 heterocycles. The molecule has 53 heteroatoms. The zero-order valence-electron chi connectivity index (χ0n) is 64.7. The molecule has 0 aromatic rings. The summed E-state index contributed by atoms with van der Waals surface area (Å²) in [5.74, 6) is -3.76. The Kier molecular flexibility index (Phi) is 35.0. The number of carbonyl (C=O) groups excluding carboxylic acids is 4. The molecular weight excluding hydrogens is 1640 g/mol. The lowest BCUT2D eigenvalue weighted by Gasteiger charge is -2.52. The Hall–Kier alpha value is -3.92. The Morgan fingerprint density at radius 3 is 0.975 bits per heavy atom. The normalized spacial score (nSPS) is 49.6. The van der Waals surface area contributed by atoms with Crippen LogP contribution in [0, 0.1) is 0 Å². The first-order valence-electron chi connectivity index (χ1n) is 38.4. The van der Waals surface area contributed by atoms with Crippen LogP contribution >= 0.6 is 0 Å². The molecule has 4 amide bonds. The fourth-order valence-corrected chi connectivity index (χ4v) is 15.7. The van der Waals surface area contributed by atoms with Crippen LogP contribution in [0.5, 0.6) is 0 Å². The summed E-state index contributed by atoms with van der Waals surface area (Å²) in [4.78, 5) is 52.0. The van der Waals surface area contributed by atoms with Crippen LogP contribution in [0.15, 0.2) is 0 Å². The number of hydrogen-bond donors (Lipinski definition) is 30. The third-order valence-electron chi connectivity index (χ3n) is 22.1. The zero-order valence-corrected chi connectivity index (χ0v) is 64.7. The molecule has 0 saturated carbocycles. The lowest BCUT2D eigenvalue weighted by molar-refractivity contribution is -0.407. The largest absolute Gasteiger partial charge is 0.394 e. The highest BCUT2D eigenvalue weighted by molar-refractivity contribution is 5.74. The molecule has 0 aliphatic carbocycles. The van der Waals surface area contributed by atoms with Crippen LogP contribution in [-0.4, -0.2) is 517 Å². The maximum absolute atomic E-state index is 13.4. The van der Waals surface area contributed by atoms with Crippen LogP contribution in [0.25, 0.3) is 0 Å². The lowest BCUT2D eigenvalue weighted by Crippen LogP contribution is -2.72. The van der Waals surface area contributed by atoms with Gasteiger partial charge in [-0.3, -0.25) is 19.2 Å². The van der Waals surface area contributed by atoms with Gasteiger partial charge in [0.15, 0.2) is 62.9 Å². The van der Waals surface area contributed by atoms with Crippen LogP contribution in [0.4, 0.5) is 0 Å². The highest BCUT2D eigenvalue weighted by Gasteiger charge is 2.63. The van der Waals surface area contributed by atoms with E-state index in [9.17, 15) is 152 Å². The molecule has 0 aromatic heterocycles. The minimum absolute atomic E-state index is 0.797. The van der Waals surface area contributed by atoms with Crippen molar-refractivity contribution in [1.82, 2.24) is 21.3 Å². The number of amides is 4. The fraction of sp³-hybridized carbons (Fsp3) is 0.940. The first-order valence-corrected chi connectivity index (χ1v) is 38.4. The monoisotopic (exact) mass is 1760 g/mol. The third-order valence-corrected chi connectivity index (χ3v) is 22.1. The van der Waals surface area contributed by atoms with E-state index in [1.165, 1.54) is 6.92 Å². The van der Waals surface area contributed by atoms with Crippen molar-refractivity contribution in [1.29, 1.82) is 0 Å². The third kappa shape index (κ3) is 21.4. The molecule has 30 N–H and O–H groups in total. The van der Waals surface area contributed by atoms with E-state index in [1.54, 1.807) is 0 Å². The van der Waals surface area contributed by atoms with Gasteiger partial charge in [-0.15, -0.1) is 0 Å². The van der Waals surface area contributed by atoms with Crippen LogP contribution < -0.4 is 21.3 Å². The standard InChI is InChI=1S/C67H112N4O49/c1-15-33(84)43(94)49(100)63(103-15)119-56-46(97)36(87)21(7-73)108-65(56)116-53-32(71-19(5)83)61(105-24(10-76)38(53)89)114-51-26(12-78)111-60(31(41(51)92)70-18(4)82)118-55-45(96)35(86)22(8-74)109-66(55)117-54-39(90)28(14-102-62-48(99)44(95)34(85)20(6-72)106-62)112-67(57(54)120-64-47(98)37(88)23(9-75)107-64)115-52-27(13-79)110-59(30(42(52)93)69-17(3)81)113-50-25(11-77)104-58(101)29(40(50)91)68-16(2)80/h15,20-67,72-79,84-101H,6-14H2,1-5H3,(H,68,80)(H,69,81)(H,70,82)(H,71,83)/t15-,20+,21+,22+,23+,24+,25+,26+,27+,28+,29+,30+,31+,32+,33+,34+,35+,36-,37-,38-,39+,40+,41+,42+,43+,44-,45-,46-,47+,48-,49-,50+,51+,52+,53+,54-,55-,56+,57-,58?,59-,60-,61-,62-,63-,64-,65-,66+,67-/m0/s1. The molecule has 0 aromatic carbocycles. The van der Waals surface area contributed by atoms with Crippen molar-refractivity contribution in [3.63, 3.8) is 0 Å².